The first-order chi connectivity index (χ1) is 14.3. The second-order valence-corrected chi connectivity index (χ2v) is 7.78. The highest BCUT2D eigenvalue weighted by molar-refractivity contribution is 5.79. The van der Waals surface area contributed by atoms with Gasteiger partial charge in [-0.2, -0.15) is 5.10 Å². The van der Waals surface area contributed by atoms with E-state index >= 15 is 0 Å². The monoisotopic (exact) mass is 416 g/mol. The minimum Gasteiger partial charge on any atom is -0.491 e. The lowest BCUT2D eigenvalue weighted by Gasteiger charge is -2.22. The van der Waals surface area contributed by atoms with E-state index in [9.17, 15) is 5.11 Å². The van der Waals surface area contributed by atoms with Gasteiger partial charge in [0, 0.05) is 31.9 Å². The smallest absolute Gasteiger partial charge is 0.191 e. The molecule has 1 heterocycles. The third-order valence-corrected chi connectivity index (χ3v) is 4.58. The van der Waals surface area contributed by atoms with Gasteiger partial charge in [-0.15, -0.1) is 0 Å². The molecule has 166 valence electrons. The van der Waals surface area contributed by atoms with Crippen LogP contribution in [0, 0.1) is 0 Å². The van der Waals surface area contributed by atoms with Gasteiger partial charge < -0.3 is 25.4 Å². The lowest BCUT2D eigenvalue weighted by Crippen LogP contribution is -2.40. The molecule has 0 saturated heterocycles. The number of aryl methyl sites for hydroxylation is 1. The lowest BCUT2D eigenvalue weighted by atomic mass is 10.1. The summed E-state index contributed by atoms with van der Waals surface area (Å²) in [6.07, 6.45) is 3.30. The zero-order valence-electron chi connectivity index (χ0n) is 19.0. The SMILES string of the molecule is CCNC(=NCC(c1cnn(C)c1)N(C)C)NCC(O)c1cccc(OC(C)C)c1. The molecule has 0 radical (unpaired) electrons. The molecule has 0 aliphatic carbocycles. The van der Waals surface area contributed by atoms with E-state index in [0.29, 0.717) is 19.0 Å². The van der Waals surface area contributed by atoms with Crippen LogP contribution in [0.3, 0.4) is 0 Å². The number of guanidine groups is 1. The number of aliphatic hydroxyl groups excluding tert-OH is 1. The van der Waals surface area contributed by atoms with Gasteiger partial charge in [0.1, 0.15) is 5.75 Å². The van der Waals surface area contributed by atoms with Crippen LogP contribution >= 0.6 is 0 Å². The number of hydrogen-bond donors (Lipinski definition) is 3. The zero-order chi connectivity index (χ0) is 22.1. The molecule has 1 aromatic carbocycles. The van der Waals surface area contributed by atoms with Crippen LogP contribution in [0.25, 0.3) is 0 Å². The Labute approximate surface area is 180 Å². The third kappa shape index (κ3) is 7.35. The Morgan fingerprint density at radius 2 is 2.03 bits per heavy atom. The van der Waals surface area contributed by atoms with Gasteiger partial charge in [-0.05, 0) is 52.6 Å². The minimum atomic E-state index is -0.674. The van der Waals surface area contributed by atoms with Gasteiger partial charge in [0.25, 0.3) is 0 Å². The maximum atomic E-state index is 10.6. The lowest BCUT2D eigenvalue weighted by molar-refractivity contribution is 0.179. The molecule has 8 nitrogen and oxygen atoms in total. The number of aliphatic hydroxyl groups is 1. The van der Waals surface area contributed by atoms with Crippen LogP contribution in [0.4, 0.5) is 0 Å². The molecule has 30 heavy (non-hydrogen) atoms. The van der Waals surface area contributed by atoms with Crippen LogP contribution in [-0.4, -0.2) is 65.6 Å². The number of nitrogens with zero attached hydrogens (tertiary/aromatic N) is 4. The predicted octanol–water partition coefficient (Wildman–Crippen LogP) is 2.10. The second kappa shape index (κ2) is 11.6. The maximum Gasteiger partial charge on any atom is 0.191 e. The first-order valence-corrected chi connectivity index (χ1v) is 10.4. The van der Waals surface area contributed by atoms with Crippen LogP contribution in [0.15, 0.2) is 41.7 Å². The maximum absolute atomic E-state index is 10.6. The van der Waals surface area contributed by atoms with Gasteiger partial charge in [0.05, 0.1) is 31.0 Å². The average molecular weight is 417 g/mol. The Hall–Kier alpha value is -2.58. The van der Waals surface area contributed by atoms with E-state index in [4.69, 9.17) is 9.73 Å². The quantitative estimate of drug-likeness (QED) is 0.406. The van der Waals surface area contributed by atoms with Gasteiger partial charge in [-0.1, -0.05) is 12.1 Å². The first kappa shape index (κ1) is 23.7. The fourth-order valence-electron chi connectivity index (χ4n) is 3.08. The largest absolute Gasteiger partial charge is 0.491 e. The van der Waals surface area contributed by atoms with Gasteiger partial charge in [0.2, 0.25) is 0 Å². The number of aromatic nitrogens is 2. The highest BCUT2D eigenvalue weighted by Gasteiger charge is 2.16. The van der Waals surface area contributed by atoms with Crippen LogP contribution in [0.1, 0.15) is 44.0 Å². The molecular formula is C22H36N6O2. The van der Waals surface area contributed by atoms with E-state index in [1.807, 2.05) is 78.6 Å². The summed E-state index contributed by atoms with van der Waals surface area (Å²) in [7, 11) is 5.97. The average Bonchev–Trinajstić information content (AvgIpc) is 3.11. The predicted molar refractivity (Wildman–Crippen MR) is 121 cm³/mol. The zero-order valence-corrected chi connectivity index (χ0v) is 19.0. The van der Waals surface area contributed by atoms with Crippen LogP contribution in [0.5, 0.6) is 5.75 Å². The molecule has 2 rings (SSSR count). The summed E-state index contributed by atoms with van der Waals surface area (Å²) in [6, 6.07) is 7.68. The molecule has 1 aromatic heterocycles. The molecule has 0 bridgehead atoms. The summed E-state index contributed by atoms with van der Waals surface area (Å²) >= 11 is 0. The van der Waals surface area contributed by atoms with Crippen LogP contribution in [-0.2, 0) is 7.05 Å². The molecule has 0 aliphatic rings. The Kier molecular flexibility index (Phi) is 9.14. The minimum absolute atomic E-state index is 0.0902. The van der Waals surface area contributed by atoms with Crippen LogP contribution in [0.2, 0.25) is 0 Å². The number of ether oxygens (including phenoxy) is 1. The summed E-state index contributed by atoms with van der Waals surface area (Å²) in [5.74, 6) is 1.43. The Balaban J connectivity index is 2.02. The van der Waals surface area contributed by atoms with E-state index in [0.717, 1.165) is 23.4 Å². The van der Waals surface area contributed by atoms with E-state index in [1.54, 1.807) is 4.68 Å². The third-order valence-electron chi connectivity index (χ3n) is 4.58. The number of hydrogen-bond acceptors (Lipinski definition) is 5. The molecule has 2 aromatic rings. The Morgan fingerprint density at radius 3 is 2.63 bits per heavy atom. The molecular weight excluding hydrogens is 380 g/mol. The molecule has 0 saturated carbocycles. The van der Waals surface area contributed by atoms with Crippen molar-refractivity contribution in [3.05, 3.63) is 47.8 Å². The van der Waals surface area contributed by atoms with Gasteiger partial charge >= 0.3 is 0 Å². The molecule has 2 atom stereocenters. The Morgan fingerprint density at radius 1 is 1.27 bits per heavy atom. The summed E-state index contributed by atoms with van der Waals surface area (Å²) in [5.41, 5.74) is 1.92. The van der Waals surface area contributed by atoms with Gasteiger partial charge in [-0.3, -0.25) is 9.67 Å². The highest BCUT2D eigenvalue weighted by atomic mass is 16.5. The standard InChI is InChI=1S/C22H36N6O2/c1-7-23-22(24-13-20(27(4)5)18-12-26-28(6)15-18)25-14-21(29)17-9-8-10-19(11-17)30-16(2)3/h8-12,15-16,20-21,29H,7,13-14H2,1-6H3,(H2,23,24,25). The number of likely N-dealkylation sites (N-methyl/N-ethyl adjacent to an activating group) is 1. The van der Waals surface area contributed by atoms with Crippen molar-refractivity contribution in [1.82, 2.24) is 25.3 Å². The van der Waals surface area contributed by atoms with Crippen molar-refractivity contribution in [3.63, 3.8) is 0 Å². The normalized spacial score (nSPS) is 14.1. The number of rotatable bonds is 10. The van der Waals surface area contributed by atoms with Crippen molar-refractivity contribution in [2.75, 3.05) is 33.7 Å². The summed E-state index contributed by atoms with van der Waals surface area (Å²) < 4.78 is 7.52. The summed E-state index contributed by atoms with van der Waals surface area (Å²) in [4.78, 5) is 6.85. The number of nitrogens with one attached hydrogen (secondary N) is 2. The number of benzene rings is 1. The number of aliphatic imine (C=N–C) groups is 1. The first-order valence-electron chi connectivity index (χ1n) is 10.4. The van der Waals surface area contributed by atoms with Crippen molar-refractivity contribution >= 4 is 5.96 Å². The fourth-order valence-corrected chi connectivity index (χ4v) is 3.08. The second-order valence-electron chi connectivity index (χ2n) is 7.78. The molecule has 2 unspecified atom stereocenters. The van der Waals surface area contributed by atoms with E-state index in [2.05, 4.69) is 20.6 Å². The Bertz CT molecular complexity index is 802. The fraction of sp³-hybridized carbons (Fsp3) is 0.545. The molecule has 0 spiro atoms. The van der Waals surface area contributed by atoms with Crippen molar-refractivity contribution < 1.29 is 9.84 Å². The van der Waals surface area contributed by atoms with Crippen molar-refractivity contribution in [3.8, 4) is 5.75 Å². The van der Waals surface area contributed by atoms with Crippen molar-refractivity contribution in [2.24, 2.45) is 12.0 Å². The molecule has 8 heteroatoms. The molecule has 0 aliphatic heterocycles. The molecule has 0 fully saturated rings. The van der Waals surface area contributed by atoms with E-state index in [1.165, 1.54) is 0 Å². The summed E-state index contributed by atoms with van der Waals surface area (Å²) in [6.45, 7) is 7.63. The van der Waals surface area contributed by atoms with Crippen molar-refractivity contribution in [1.29, 1.82) is 0 Å². The topological polar surface area (TPSA) is 86.9 Å². The molecule has 3 N–H and O–H groups in total. The van der Waals surface area contributed by atoms with Gasteiger partial charge in [0.15, 0.2) is 5.96 Å². The van der Waals surface area contributed by atoms with Gasteiger partial charge in [-0.25, -0.2) is 0 Å². The van der Waals surface area contributed by atoms with E-state index < -0.39 is 6.10 Å². The van der Waals surface area contributed by atoms with Crippen LogP contribution < -0.4 is 15.4 Å². The molecule has 0 amide bonds. The van der Waals surface area contributed by atoms with Crippen molar-refractivity contribution in [2.45, 2.75) is 39.0 Å². The summed E-state index contributed by atoms with van der Waals surface area (Å²) in [5, 5.41) is 21.4. The highest BCUT2D eigenvalue weighted by Crippen LogP contribution is 2.20. The van der Waals surface area contributed by atoms with E-state index in [-0.39, 0.29) is 12.1 Å².